The van der Waals surface area contributed by atoms with Crippen LogP contribution in [0.2, 0.25) is 0 Å². The molecule has 1 atom stereocenters. The summed E-state index contributed by atoms with van der Waals surface area (Å²) in [6, 6.07) is 0. The molecule has 1 aromatic heterocycles. The lowest BCUT2D eigenvalue weighted by atomic mass is 10.1. The zero-order chi connectivity index (χ0) is 13.0. The Morgan fingerprint density at radius 2 is 2.22 bits per heavy atom. The average Bonchev–Trinajstić information content (AvgIpc) is 2.83. The number of nitrogen functional groups attached to an aromatic ring is 1. The molecule has 2 heterocycles. The van der Waals surface area contributed by atoms with E-state index in [9.17, 15) is 0 Å². The van der Waals surface area contributed by atoms with E-state index in [0.717, 1.165) is 19.6 Å². The molecule has 6 nitrogen and oxygen atoms in total. The van der Waals surface area contributed by atoms with Gasteiger partial charge in [-0.1, -0.05) is 0 Å². The lowest BCUT2D eigenvalue weighted by Crippen LogP contribution is -2.15. The third-order valence-electron chi connectivity index (χ3n) is 2.64. The number of hydrogen-bond donors (Lipinski definition) is 1. The van der Waals surface area contributed by atoms with Crippen molar-refractivity contribution in [3.8, 4) is 11.8 Å². The van der Waals surface area contributed by atoms with Crippen LogP contribution in [0, 0.1) is 5.92 Å². The second-order valence-corrected chi connectivity index (χ2v) is 4.60. The standard InChI is InChI=1S/C12H19N3O3/c1-8(2)18-12-10(13)11(14-7-15-12)17-6-9-3-4-16-5-9/h7-9H,3-6,13H2,1-2H3. The maximum atomic E-state index is 5.91. The molecule has 1 saturated heterocycles. The molecular weight excluding hydrogens is 234 g/mol. The molecule has 0 spiro atoms. The second-order valence-electron chi connectivity index (χ2n) is 4.60. The van der Waals surface area contributed by atoms with Crippen LogP contribution in [0.1, 0.15) is 20.3 Å². The van der Waals surface area contributed by atoms with Gasteiger partial charge in [0.15, 0.2) is 5.69 Å². The molecule has 2 N–H and O–H groups in total. The van der Waals surface area contributed by atoms with Crippen LogP contribution in [0.4, 0.5) is 5.69 Å². The van der Waals surface area contributed by atoms with Gasteiger partial charge in [0.05, 0.1) is 19.3 Å². The molecule has 0 aliphatic carbocycles. The van der Waals surface area contributed by atoms with Crippen LogP contribution in [-0.2, 0) is 4.74 Å². The zero-order valence-electron chi connectivity index (χ0n) is 10.8. The fourth-order valence-corrected chi connectivity index (χ4v) is 1.71. The topological polar surface area (TPSA) is 79.5 Å². The fraction of sp³-hybridized carbons (Fsp3) is 0.667. The van der Waals surface area contributed by atoms with Gasteiger partial charge in [0.2, 0.25) is 11.8 Å². The minimum atomic E-state index is 0.0123. The molecule has 2 rings (SSSR count). The van der Waals surface area contributed by atoms with Crippen molar-refractivity contribution in [2.45, 2.75) is 26.4 Å². The first-order valence-electron chi connectivity index (χ1n) is 6.14. The summed E-state index contributed by atoms with van der Waals surface area (Å²) < 4.78 is 16.4. The molecule has 0 amide bonds. The number of rotatable bonds is 5. The highest BCUT2D eigenvalue weighted by atomic mass is 16.5. The molecule has 1 aliphatic rings. The van der Waals surface area contributed by atoms with Crippen LogP contribution in [0.3, 0.4) is 0 Å². The van der Waals surface area contributed by atoms with Gasteiger partial charge in [0.25, 0.3) is 0 Å². The molecule has 0 aromatic carbocycles. The van der Waals surface area contributed by atoms with Crippen LogP contribution in [0.5, 0.6) is 11.8 Å². The summed E-state index contributed by atoms with van der Waals surface area (Å²) in [6.45, 7) is 5.92. The Labute approximate surface area is 106 Å². The van der Waals surface area contributed by atoms with Crippen molar-refractivity contribution >= 4 is 5.69 Å². The summed E-state index contributed by atoms with van der Waals surface area (Å²) in [7, 11) is 0. The van der Waals surface area contributed by atoms with Gasteiger partial charge in [0.1, 0.15) is 6.33 Å². The third kappa shape index (κ3) is 3.22. The molecule has 1 unspecified atom stereocenters. The molecule has 100 valence electrons. The minimum Gasteiger partial charge on any atom is -0.476 e. The number of anilines is 1. The molecule has 0 bridgehead atoms. The lowest BCUT2D eigenvalue weighted by Gasteiger charge is -2.14. The van der Waals surface area contributed by atoms with Crippen molar-refractivity contribution in [1.82, 2.24) is 9.97 Å². The molecular formula is C12H19N3O3. The van der Waals surface area contributed by atoms with E-state index in [-0.39, 0.29) is 6.10 Å². The Morgan fingerprint density at radius 3 is 2.89 bits per heavy atom. The number of hydrogen-bond acceptors (Lipinski definition) is 6. The van der Waals surface area contributed by atoms with Crippen molar-refractivity contribution in [2.24, 2.45) is 5.92 Å². The smallest absolute Gasteiger partial charge is 0.244 e. The van der Waals surface area contributed by atoms with E-state index in [1.807, 2.05) is 13.8 Å². The van der Waals surface area contributed by atoms with Crippen LogP contribution < -0.4 is 15.2 Å². The van der Waals surface area contributed by atoms with Crippen LogP contribution in [0.25, 0.3) is 0 Å². The number of nitrogens with two attached hydrogens (primary N) is 1. The second kappa shape index (κ2) is 5.86. The van der Waals surface area contributed by atoms with Gasteiger partial charge in [-0.15, -0.1) is 0 Å². The minimum absolute atomic E-state index is 0.0123. The number of ether oxygens (including phenoxy) is 3. The first-order chi connectivity index (χ1) is 8.66. The maximum absolute atomic E-state index is 5.91. The summed E-state index contributed by atoms with van der Waals surface area (Å²) in [6.07, 6.45) is 2.42. The van der Waals surface area contributed by atoms with Crippen molar-refractivity contribution in [3.63, 3.8) is 0 Å². The predicted octanol–water partition coefficient (Wildman–Crippen LogP) is 1.26. The van der Waals surface area contributed by atoms with E-state index in [0.29, 0.717) is 30.0 Å². The Kier molecular flexibility index (Phi) is 4.19. The van der Waals surface area contributed by atoms with Gasteiger partial charge in [-0.3, -0.25) is 0 Å². The Bertz CT molecular complexity index is 392. The van der Waals surface area contributed by atoms with E-state index < -0.39 is 0 Å². The first kappa shape index (κ1) is 12.9. The van der Waals surface area contributed by atoms with E-state index >= 15 is 0 Å². The van der Waals surface area contributed by atoms with Crippen molar-refractivity contribution in [2.75, 3.05) is 25.6 Å². The monoisotopic (exact) mass is 253 g/mol. The Balaban J connectivity index is 1.98. The lowest BCUT2D eigenvalue weighted by molar-refractivity contribution is 0.165. The summed E-state index contributed by atoms with van der Waals surface area (Å²) in [5.74, 6) is 1.17. The third-order valence-corrected chi connectivity index (χ3v) is 2.64. The highest BCUT2D eigenvalue weighted by molar-refractivity contribution is 5.55. The molecule has 1 aliphatic heterocycles. The van der Waals surface area contributed by atoms with E-state index in [1.165, 1.54) is 6.33 Å². The van der Waals surface area contributed by atoms with Gasteiger partial charge >= 0.3 is 0 Å². The molecule has 1 fully saturated rings. The summed E-state index contributed by atoms with van der Waals surface area (Å²) in [5.41, 5.74) is 6.26. The van der Waals surface area contributed by atoms with Crippen LogP contribution >= 0.6 is 0 Å². The van der Waals surface area contributed by atoms with Gasteiger partial charge in [0, 0.05) is 12.5 Å². The number of aromatic nitrogens is 2. The highest BCUT2D eigenvalue weighted by Gasteiger charge is 2.18. The zero-order valence-corrected chi connectivity index (χ0v) is 10.8. The summed E-state index contributed by atoms with van der Waals surface area (Å²) in [5, 5.41) is 0. The van der Waals surface area contributed by atoms with Crippen LogP contribution in [0.15, 0.2) is 6.33 Å². The molecule has 0 saturated carbocycles. The quantitative estimate of drug-likeness (QED) is 0.851. The molecule has 1 aromatic rings. The Hall–Kier alpha value is -1.56. The summed E-state index contributed by atoms with van der Waals surface area (Å²) in [4.78, 5) is 8.02. The van der Waals surface area contributed by atoms with E-state index in [2.05, 4.69) is 9.97 Å². The average molecular weight is 253 g/mol. The number of nitrogens with zero attached hydrogens (tertiary/aromatic N) is 2. The van der Waals surface area contributed by atoms with E-state index in [4.69, 9.17) is 19.9 Å². The maximum Gasteiger partial charge on any atom is 0.244 e. The Morgan fingerprint density at radius 1 is 1.44 bits per heavy atom. The molecule has 0 radical (unpaired) electrons. The van der Waals surface area contributed by atoms with Crippen molar-refractivity contribution < 1.29 is 14.2 Å². The predicted molar refractivity (Wildman–Crippen MR) is 66.6 cm³/mol. The van der Waals surface area contributed by atoms with Crippen molar-refractivity contribution in [1.29, 1.82) is 0 Å². The molecule has 6 heteroatoms. The first-order valence-corrected chi connectivity index (χ1v) is 6.14. The molecule has 18 heavy (non-hydrogen) atoms. The van der Waals surface area contributed by atoms with Gasteiger partial charge in [-0.25, -0.2) is 0 Å². The van der Waals surface area contributed by atoms with Crippen LogP contribution in [-0.4, -0.2) is 35.9 Å². The van der Waals surface area contributed by atoms with Gasteiger partial charge in [-0.2, -0.15) is 9.97 Å². The van der Waals surface area contributed by atoms with E-state index in [1.54, 1.807) is 0 Å². The highest BCUT2D eigenvalue weighted by Crippen LogP contribution is 2.28. The largest absolute Gasteiger partial charge is 0.476 e. The van der Waals surface area contributed by atoms with Gasteiger partial charge < -0.3 is 19.9 Å². The van der Waals surface area contributed by atoms with Crippen molar-refractivity contribution in [3.05, 3.63) is 6.33 Å². The normalized spacial score (nSPS) is 19.2. The summed E-state index contributed by atoms with van der Waals surface area (Å²) >= 11 is 0. The van der Waals surface area contributed by atoms with Gasteiger partial charge in [-0.05, 0) is 20.3 Å². The fourth-order valence-electron chi connectivity index (χ4n) is 1.71. The SMILES string of the molecule is CC(C)Oc1ncnc(OCC2CCOC2)c1N.